The van der Waals surface area contributed by atoms with Crippen molar-refractivity contribution in [1.82, 2.24) is 15.0 Å². The molecule has 0 atom stereocenters. The minimum Gasteiger partial charge on any atom is -0.382 e. The molecule has 112 valence electrons. The molecule has 0 amide bonds. The highest BCUT2D eigenvalue weighted by Crippen LogP contribution is 2.28. The molecule has 3 rings (SSSR count). The van der Waals surface area contributed by atoms with Crippen LogP contribution in [0.25, 0.3) is 11.5 Å². The molecule has 0 spiro atoms. The van der Waals surface area contributed by atoms with Crippen molar-refractivity contribution >= 4 is 5.69 Å². The summed E-state index contributed by atoms with van der Waals surface area (Å²) >= 11 is 0. The molecule has 5 nitrogen and oxygen atoms in total. The summed E-state index contributed by atoms with van der Waals surface area (Å²) in [6.07, 6.45) is 2.34. The number of nitrogens with zero attached hydrogens (tertiary/aromatic N) is 3. The largest absolute Gasteiger partial charge is 0.382 e. The molecule has 1 aromatic carbocycles. The Hall–Kier alpha value is -1.88. The zero-order chi connectivity index (χ0) is 14.7. The second-order valence-electron chi connectivity index (χ2n) is 5.55. The van der Waals surface area contributed by atoms with E-state index in [9.17, 15) is 0 Å². The number of nitrogens with one attached hydrogen (secondary N) is 1. The Morgan fingerprint density at radius 3 is 2.71 bits per heavy atom. The van der Waals surface area contributed by atoms with E-state index in [1.165, 1.54) is 12.8 Å². The van der Waals surface area contributed by atoms with E-state index >= 15 is 0 Å². The molecule has 21 heavy (non-hydrogen) atoms. The molecule has 1 aliphatic rings. The van der Waals surface area contributed by atoms with E-state index < -0.39 is 0 Å². The fraction of sp³-hybridized carbons (Fsp3) is 0.500. The van der Waals surface area contributed by atoms with Gasteiger partial charge >= 0.3 is 0 Å². The summed E-state index contributed by atoms with van der Waals surface area (Å²) in [6.45, 7) is 7.53. The fourth-order valence-electron chi connectivity index (χ4n) is 2.82. The second kappa shape index (κ2) is 6.26. The summed E-state index contributed by atoms with van der Waals surface area (Å²) in [4.78, 5) is 6.83. The lowest BCUT2D eigenvalue weighted by atomic mass is 10.0. The molecule has 5 heteroatoms. The third kappa shape index (κ3) is 3.24. The Bertz CT molecular complexity index is 587. The zero-order valence-corrected chi connectivity index (χ0v) is 12.7. The standard InChI is InChI=1S/C16H22N4O/c1-3-20-10-8-13(9-11-20)18-15-7-5-4-6-14(15)16-17-12(2)19-21-16/h4-7,13,18H,3,8-11H2,1-2H3. The Morgan fingerprint density at radius 1 is 1.29 bits per heavy atom. The summed E-state index contributed by atoms with van der Waals surface area (Å²) in [5.74, 6) is 1.25. The van der Waals surface area contributed by atoms with Gasteiger partial charge in [0.25, 0.3) is 5.89 Å². The first-order valence-corrected chi connectivity index (χ1v) is 7.65. The second-order valence-corrected chi connectivity index (χ2v) is 5.55. The zero-order valence-electron chi connectivity index (χ0n) is 12.7. The SMILES string of the molecule is CCN1CCC(Nc2ccccc2-c2nc(C)no2)CC1. The van der Waals surface area contributed by atoms with Gasteiger partial charge in [-0.3, -0.25) is 0 Å². The van der Waals surface area contributed by atoms with Crippen LogP contribution in [0.1, 0.15) is 25.6 Å². The summed E-state index contributed by atoms with van der Waals surface area (Å²) < 4.78 is 5.31. The van der Waals surface area contributed by atoms with Crippen LogP contribution in [0, 0.1) is 6.92 Å². The summed E-state index contributed by atoms with van der Waals surface area (Å²) in [5, 5.41) is 7.53. The molecule has 0 saturated carbocycles. The van der Waals surface area contributed by atoms with Crippen molar-refractivity contribution in [3.8, 4) is 11.5 Å². The average molecular weight is 286 g/mol. The normalized spacial score (nSPS) is 17.0. The van der Waals surface area contributed by atoms with Crippen molar-refractivity contribution in [2.75, 3.05) is 25.0 Å². The van der Waals surface area contributed by atoms with Crippen LogP contribution in [0.4, 0.5) is 5.69 Å². The Labute approximate surface area is 125 Å². The first kappa shape index (κ1) is 14.1. The van der Waals surface area contributed by atoms with E-state index in [2.05, 4.69) is 33.3 Å². The molecule has 2 heterocycles. The van der Waals surface area contributed by atoms with Crippen molar-refractivity contribution in [1.29, 1.82) is 0 Å². The average Bonchev–Trinajstić information content (AvgIpc) is 2.95. The number of benzene rings is 1. The Balaban J connectivity index is 1.74. The van der Waals surface area contributed by atoms with Gasteiger partial charge in [0, 0.05) is 24.8 Å². The van der Waals surface area contributed by atoms with Crippen molar-refractivity contribution < 1.29 is 4.52 Å². The third-order valence-corrected chi connectivity index (χ3v) is 4.08. The van der Waals surface area contributed by atoms with Crippen LogP contribution >= 0.6 is 0 Å². The monoisotopic (exact) mass is 286 g/mol. The van der Waals surface area contributed by atoms with Crippen LogP contribution in [0.2, 0.25) is 0 Å². The Kier molecular flexibility index (Phi) is 4.20. The molecule has 2 aromatic rings. The number of piperidine rings is 1. The van der Waals surface area contributed by atoms with Gasteiger partial charge in [-0.1, -0.05) is 24.2 Å². The number of rotatable bonds is 4. The third-order valence-electron chi connectivity index (χ3n) is 4.08. The van der Waals surface area contributed by atoms with E-state index in [4.69, 9.17) is 4.52 Å². The number of likely N-dealkylation sites (tertiary alicyclic amines) is 1. The minimum atomic E-state index is 0.512. The van der Waals surface area contributed by atoms with Crippen molar-refractivity contribution in [2.24, 2.45) is 0 Å². The van der Waals surface area contributed by atoms with E-state index in [-0.39, 0.29) is 0 Å². The van der Waals surface area contributed by atoms with E-state index in [0.717, 1.165) is 30.9 Å². The van der Waals surface area contributed by atoms with Gasteiger partial charge in [0.15, 0.2) is 5.82 Å². The Morgan fingerprint density at radius 2 is 2.05 bits per heavy atom. The van der Waals surface area contributed by atoms with Crippen LogP contribution in [0.3, 0.4) is 0 Å². The van der Waals surface area contributed by atoms with Gasteiger partial charge in [0.05, 0.1) is 5.56 Å². The van der Waals surface area contributed by atoms with Crippen LogP contribution < -0.4 is 5.32 Å². The first-order valence-electron chi connectivity index (χ1n) is 7.65. The molecule has 1 aliphatic heterocycles. The van der Waals surface area contributed by atoms with Crippen LogP contribution in [-0.2, 0) is 0 Å². The topological polar surface area (TPSA) is 54.2 Å². The molecule has 1 saturated heterocycles. The van der Waals surface area contributed by atoms with E-state index in [0.29, 0.717) is 17.8 Å². The van der Waals surface area contributed by atoms with Crippen LogP contribution in [0.15, 0.2) is 28.8 Å². The van der Waals surface area contributed by atoms with Gasteiger partial charge < -0.3 is 14.7 Å². The van der Waals surface area contributed by atoms with Crippen LogP contribution in [-0.4, -0.2) is 40.7 Å². The molecule has 0 radical (unpaired) electrons. The number of para-hydroxylation sites is 1. The maximum absolute atomic E-state index is 5.31. The highest BCUT2D eigenvalue weighted by molar-refractivity contribution is 5.72. The summed E-state index contributed by atoms with van der Waals surface area (Å²) in [7, 11) is 0. The van der Waals surface area contributed by atoms with Crippen molar-refractivity contribution in [2.45, 2.75) is 32.7 Å². The van der Waals surface area contributed by atoms with Crippen LogP contribution in [0.5, 0.6) is 0 Å². The lowest BCUT2D eigenvalue weighted by molar-refractivity contribution is 0.229. The predicted molar refractivity (Wildman–Crippen MR) is 83.2 cm³/mol. The van der Waals surface area contributed by atoms with Gasteiger partial charge in [0.2, 0.25) is 0 Å². The van der Waals surface area contributed by atoms with Gasteiger partial charge in [-0.05, 0) is 38.4 Å². The van der Waals surface area contributed by atoms with E-state index in [1.807, 2.05) is 25.1 Å². The summed E-state index contributed by atoms with van der Waals surface area (Å²) in [5.41, 5.74) is 2.06. The molecule has 1 N–H and O–H groups in total. The molecule has 1 aromatic heterocycles. The molecular formula is C16H22N4O. The first-order chi connectivity index (χ1) is 10.3. The molecule has 0 aliphatic carbocycles. The number of hydrogen-bond donors (Lipinski definition) is 1. The van der Waals surface area contributed by atoms with Gasteiger partial charge in [-0.15, -0.1) is 0 Å². The van der Waals surface area contributed by atoms with Gasteiger partial charge in [-0.25, -0.2) is 0 Å². The highest BCUT2D eigenvalue weighted by Gasteiger charge is 2.19. The number of anilines is 1. The van der Waals surface area contributed by atoms with Gasteiger partial charge in [-0.2, -0.15) is 4.98 Å². The molecular weight excluding hydrogens is 264 g/mol. The molecule has 1 fully saturated rings. The van der Waals surface area contributed by atoms with Gasteiger partial charge in [0.1, 0.15) is 0 Å². The van der Waals surface area contributed by atoms with Crippen molar-refractivity contribution in [3.05, 3.63) is 30.1 Å². The number of aromatic nitrogens is 2. The molecule has 0 unspecified atom stereocenters. The number of hydrogen-bond acceptors (Lipinski definition) is 5. The quantitative estimate of drug-likeness (QED) is 0.936. The smallest absolute Gasteiger partial charge is 0.260 e. The predicted octanol–water partition coefficient (Wildman–Crippen LogP) is 2.94. The lowest BCUT2D eigenvalue weighted by Gasteiger charge is -2.32. The fourth-order valence-corrected chi connectivity index (χ4v) is 2.82. The molecule has 0 bridgehead atoms. The van der Waals surface area contributed by atoms with E-state index in [1.54, 1.807) is 0 Å². The van der Waals surface area contributed by atoms with Crippen molar-refractivity contribution in [3.63, 3.8) is 0 Å². The minimum absolute atomic E-state index is 0.512. The maximum Gasteiger partial charge on any atom is 0.260 e. The lowest BCUT2D eigenvalue weighted by Crippen LogP contribution is -2.38. The maximum atomic E-state index is 5.31. The highest BCUT2D eigenvalue weighted by atomic mass is 16.5. The number of aryl methyl sites for hydroxylation is 1. The summed E-state index contributed by atoms with van der Waals surface area (Å²) in [6, 6.07) is 8.66.